The fraction of sp³-hybridized carbons (Fsp3) is 0.409. The third kappa shape index (κ3) is 3.58. The summed E-state index contributed by atoms with van der Waals surface area (Å²) in [4.78, 5) is 17.5. The van der Waals surface area contributed by atoms with Gasteiger partial charge in [-0.3, -0.25) is 9.13 Å². The molecule has 2 aromatic heterocycles. The summed E-state index contributed by atoms with van der Waals surface area (Å²) in [5.41, 5.74) is 9.79. The minimum atomic E-state index is -0.532. The highest BCUT2D eigenvalue weighted by Crippen LogP contribution is 2.29. The van der Waals surface area contributed by atoms with Gasteiger partial charge in [0.1, 0.15) is 0 Å². The van der Waals surface area contributed by atoms with E-state index in [1.165, 1.54) is 0 Å². The molecule has 6 nitrogen and oxygen atoms in total. The Morgan fingerprint density at radius 2 is 1.82 bits per heavy atom. The van der Waals surface area contributed by atoms with Crippen molar-refractivity contribution < 1.29 is 0 Å². The summed E-state index contributed by atoms with van der Waals surface area (Å²) in [6.45, 7) is 10.7. The van der Waals surface area contributed by atoms with Gasteiger partial charge in [-0.2, -0.15) is 5.26 Å². The molecule has 0 spiro atoms. The maximum absolute atomic E-state index is 12.7. The van der Waals surface area contributed by atoms with Crippen LogP contribution in [0.1, 0.15) is 45.7 Å². The van der Waals surface area contributed by atoms with Gasteiger partial charge in [0.15, 0.2) is 5.65 Å². The molecule has 0 radical (unpaired) electrons. The molecule has 146 valence electrons. The van der Waals surface area contributed by atoms with Crippen LogP contribution in [0.4, 0.5) is 0 Å². The molecule has 2 N–H and O–H groups in total. The third-order valence-corrected chi connectivity index (χ3v) is 4.77. The Morgan fingerprint density at radius 1 is 1.14 bits per heavy atom. The average Bonchev–Trinajstić information content (AvgIpc) is 2.83. The first-order valence-electron chi connectivity index (χ1n) is 9.32. The number of aromatic nitrogens is 3. The Hall–Kier alpha value is -2.91. The van der Waals surface area contributed by atoms with Crippen molar-refractivity contribution in [2.75, 3.05) is 0 Å². The number of hydrogen-bond acceptors (Lipinski definition) is 4. The molecule has 1 aromatic carbocycles. The van der Waals surface area contributed by atoms with E-state index in [4.69, 9.17) is 10.7 Å². The summed E-state index contributed by atoms with van der Waals surface area (Å²) >= 11 is 0. The molecule has 0 atom stereocenters. The normalized spacial score (nSPS) is 12.4. The number of aryl methyl sites for hydroxylation is 1. The van der Waals surface area contributed by atoms with Gasteiger partial charge in [0.25, 0.3) is 0 Å². The molecule has 0 aliphatic rings. The van der Waals surface area contributed by atoms with Crippen LogP contribution in [0.5, 0.6) is 0 Å². The van der Waals surface area contributed by atoms with Crippen molar-refractivity contribution >= 4 is 11.2 Å². The molecule has 0 fully saturated rings. The third-order valence-electron chi connectivity index (χ3n) is 4.77. The van der Waals surface area contributed by atoms with Crippen molar-refractivity contribution in [1.29, 1.82) is 5.26 Å². The Balaban J connectivity index is 2.23. The first kappa shape index (κ1) is 19.8. The number of pyridine rings is 1. The summed E-state index contributed by atoms with van der Waals surface area (Å²) in [6.07, 6.45) is 0. The van der Waals surface area contributed by atoms with E-state index in [1.807, 2.05) is 38.1 Å². The van der Waals surface area contributed by atoms with Crippen molar-refractivity contribution in [2.45, 2.75) is 46.7 Å². The Labute approximate surface area is 165 Å². The Kier molecular flexibility index (Phi) is 4.68. The molecular formula is C22H27N5O. The molecule has 0 aliphatic carbocycles. The zero-order valence-electron chi connectivity index (χ0n) is 17.4. The second-order valence-corrected chi connectivity index (χ2v) is 9.12. The number of rotatable bonds is 3. The van der Waals surface area contributed by atoms with E-state index in [1.54, 1.807) is 22.2 Å². The van der Waals surface area contributed by atoms with Crippen molar-refractivity contribution in [3.8, 4) is 17.3 Å². The zero-order valence-corrected chi connectivity index (χ0v) is 17.4. The predicted molar refractivity (Wildman–Crippen MR) is 112 cm³/mol. The number of hydrogen-bond donors (Lipinski definition) is 1. The van der Waals surface area contributed by atoms with E-state index in [0.29, 0.717) is 23.4 Å². The van der Waals surface area contributed by atoms with Gasteiger partial charge in [-0.15, -0.1) is 0 Å². The van der Waals surface area contributed by atoms with E-state index >= 15 is 0 Å². The molecule has 3 rings (SSSR count). The molecule has 0 aliphatic heterocycles. The van der Waals surface area contributed by atoms with Crippen LogP contribution in [0.2, 0.25) is 0 Å². The van der Waals surface area contributed by atoms with Crippen LogP contribution < -0.4 is 11.4 Å². The molecule has 6 heteroatoms. The van der Waals surface area contributed by atoms with Crippen molar-refractivity contribution in [3.63, 3.8) is 0 Å². The standard InChI is InChI=1S/C22H27N5O/c1-21(2,3)13-27-18-10-9-17(25-19(18)26(6)20(27)28)16-11-15(22(4,5)24)8-7-14(16)12-23/h7-11H,13,24H2,1-6H3. The van der Waals surface area contributed by atoms with Crippen LogP contribution in [-0.4, -0.2) is 14.1 Å². The minimum Gasteiger partial charge on any atom is -0.322 e. The minimum absolute atomic E-state index is 0.0359. The molecule has 0 amide bonds. The van der Waals surface area contributed by atoms with Gasteiger partial charge in [0, 0.05) is 24.7 Å². The highest BCUT2D eigenvalue weighted by atomic mass is 16.1. The van der Waals surface area contributed by atoms with Crippen molar-refractivity contribution in [1.82, 2.24) is 14.1 Å². The molecule has 0 unspecified atom stereocenters. The maximum atomic E-state index is 12.7. The van der Waals surface area contributed by atoms with Crippen LogP contribution in [0.15, 0.2) is 35.1 Å². The lowest BCUT2D eigenvalue weighted by Gasteiger charge is -2.20. The van der Waals surface area contributed by atoms with Crippen LogP contribution in [0.3, 0.4) is 0 Å². The number of nitrogens with zero attached hydrogens (tertiary/aromatic N) is 4. The fourth-order valence-corrected chi connectivity index (χ4v) is 3.30. The van der Waals surface area contributed by atoms with E-state index in [0.717, 1.165) is 16.6 Å². The van der Waals surface area contributed by atoms with Crippen molar-refractivity contribution in [2.24, 2.45) is 18.2 Å². The monoisotopic (exact) mass is 377 g/mol. The van der Waals surface area contributed by atoms with Gasteiger partial charge in [-0.05, 0) is 49.1 Å². The van der Waals surface area contributed by atoms with Crippen LogP contribution in [0.25, 0.3) is 22.4 Å². The number of nitriles is 1. The number of nitrogens with two attached hydrogens (primary N) is 1. The van der Waals surface area contributed by atoms with E-state index in [9.17, 15) is 10.1 Å². The highest BCUT2D eigenvalue weighted by molar-refractivity contribution is 5.78. The van der Waals surface area contributed by atoms with Gasteiger partial charge in [0.2, 0.25) is 0 Å². The second kappa shape index (κ2) is 6.61. The lowest BCUT2D eigenvalue weighted by Crippen LogP contribution is -2.28. The number of fused-ring (bicyclic) bond motifs is 1. The lowest BCUT2D eigenvalue weighted by molar-refractivity contribution is 0.342. The molecule has 0 saturated heterocycles. The highest BCUT2D eigenvalue weighted by Gasteiger charge is 2.21. The van der Waals surface area contributed by atoms with Gasteiger partial charge >= 0.3 is 5.69 Å². The zero-order chi connectivity index (χ0) is 20.9. The molecule has 0 saturated carbocycles. The summed E-state index contributed by atoms with van der Waals surface area (Å²) in [6, 6.07) is 11.6. The molecule has 28 heavy (non-hydrogen) atoms. The van der Waals surface area contributed by atoms with Gasteiger partial charge < -0.3 is 5.73 Å². The fourth-order valence-electron chi connectivity index (χ4n) is 3.30. The first-order valence-corrected chi connectivity index (χ1v) is 9.32. The predicted octanol–water partition coefficient (Wildman–Crippen LogP) is 3.51. The first-order chi connectivity index (χ1) is 12.9. The molecular weight excluding hydrogens is 350 g/mol. The van der Waals surface area contributed by atoms with E-state index < -0.39 is 5.54 Å². The smallest absolute Gasteiger partial charge is 0.322 e. The number of imidazole rings is 1. The Morgan fingerprint density at radius 3 is 2.39 bits per heavy atom. The summed E-state index contributed by atoms with van der Waals surface area (Å²) < 4.78 is 3.32. The largest absolute Gasteiger partial charge is 0.330 e. The maximum Gasteiger partial charge on any atom is 0.330 e. The summed E-state index contributed by atoms with van der Waals surface area (Å²) in [5, 5.41) is 9.55. The van der Waals surface area contributed by atoms with Crippen LogP contribution >= 0.6 is 0 Å². The molecule has 2 heterocycles. The summed E-state index contributed by atoms with van der Waals surface area (Å²) in [5.74, 6) is 0. The van der Waals surface area contributed by atoms with E-state index in [-0.39, 0.29) is 11.1 Å². The Bertz CT molecular complexity index is 1150. The quantitative estimate of drug-likeness (QED) is 0.756. The average molecular weight is 377 g/mol. The number of benzene rings is 1. The topological polar surface area (TPSA) is 89.6 Å². The van der Waals surface area contributed by atoms with E-state index in [2.05, 4.69) is 26.8 Å². The SMILES string of the molecule is Cn1c(=O)n(CC(C)(C)C)c2ccc(-c3cc(C(C)(C)N)ccc3C#N)nc21. The van der Waals surface area contributed by atoms with Crippen LogP contribution in [0, 0.1) is 16.7 Å². The second-order valence-electron chi connectivity index (χ2n) is 9.12. The van der Waals surface area contributed by atoms with Crippen molar-refractivity contribution in [3.05, 3.63) is 51.9 Å². The van der Waals surface area contributed by atoms with Gasteiger partial charge in [-0.1, -0.05) is 26.8 Å². The van der Waals surface area contributed by atoms with Gasteiger partial charge in [-0.25, -0.2) is 9.78 Å². The van der Waals surface area contributed by atoms with Gasteiger partial charge in [0.05, 0.1) is 22.8 Å². The molecule has 0 bridgehead atoms. The van der Waals surface area contributed by atoms with Crippen LogP contribution in [-0.2, 0) is 19.1 Å². The molecule has 3 aromatic rings. The lowest BCUT2D eigenvalue weighted by atomic mass is 9.91. The summed E-state index contributed by atoms with van der Waals surface area (Å²) in [7, 11) is 1.73.